The molecule has 0 N–H and O–H groups in total. The molecule has 0 aliphatic heterocycles. The van der Waals surface area contributed by atoms with Gasteiger partial charge in [-0.1, -0.05) is 31.5 Å². The van der Waals surface area contributed by atoms with Crippen LogP contribution in [0.2, 0.25) is 5.02 Å². The van der Waals surface area contributed by atoms with Crippen LogP contribution in [0.1, 0.15) is 32.3 Å². The molecule has 0 atom stereocenters. The Bertz CT molecular complexity index is 374. The molecular weight excluding hydrogens is 227 g/mol. The second-order valence-electron chi connectivity index (χ2n) is 4.21. The molecule has 0 amide bonds. The fraction of sp³-hybridized carbons (Fsp3) is 0.462. The van der Waals surface area contributed by atoms with Gasteiger partial charge in [0.2, 0.25) is 0 Å². The third-order valence-electron chi connectivity index (χ3n) is 2.53. The van der Waals surface area contributed by atoms with E-state index in [1.807, 2.05) is 13.8 Å². The summed E-state index contributed by atoms with van der Waals surface area (Å²) in [4.78, 5) is 11.4. The van der Waals surface area contributed by atoms with Gasteiger partial charge in [0.25, 0.3) is 0 Å². The Hall–Kier alpha value is -0.890. The fourth-order valence-corrected chi connectivity index (χ4v) is 1.73. The van der Waals surface area contributed by atoms with Crippen molar-refractivity contribution in [2.75, 3.05) is 0 Å². The summed E-state index contributed by atoms with van der Waals surface area (Å²) < 4.78 is 12.8. The minimum atomic E-state index is -0.327. The first-order valence-electron chi connectivity index (χ1n) is 5.47. The quantitative estimate of drug-likeness (QED) is 0.762. The highest BCUT2D eigenvalue weighted by atomic mass is 35.5. The number of carbonyl (C=O) groups is 1. The van der Waals surface area contributed by atoms with Gasteiger partial charge < -0.3 is 0 Å². The zero-order chi connectivity index (χ0) is 12.1. The summed E-state index contributed by atoms with van der Waals surface area (Å²) in [6.45, 7) is 3.79. The lowest BCUT2D eigenvalue weighted by Gasteiger charge is -2.05. The summed E-state index contributed by atoms with van der Waals surface area (Å²) in [6.07, 6.45) is 2.05. The second kappa shape index (κ2) is 6.00. The second-order valence-corrected chi connectivity index (χ2v) is 4.62. The molecule has 16 heavy (non-hydrogen) atoms. The van der Waals surface area contributed by atoms with E-state index in [2.05, 4.69) is 0 Å². The first-order valence-corrected chi connectivity index (χ1v) is 5.85. The van der Waals surface area contributed by atoms with Crippen LogP contribution < -0.4 is 0 Å². The van der Waals surface area contributed by atoms with Crippen LogP contribution >= 0.6 is 11.6 Å². The molecule has 0 radical (unpaired) electrons. The van der Waals surface area contributed by atoms with E-state index in [9.17, 15) is 9.18 Å². The average molecular weight is 243 g/mol. The molecule has 0 saturated heterocycles. The van der Waals surface area contributed by atoms with Crippen LogP contribution in [0.25, 0.3) is 0 Å². The third-order valence-corrected chi connectivity index (χ3v) is 2.88. The van der Waals surface area contributed by atoms with Gasteiger partial charge in [0.05, 0.1) is 0 Å². The van der Waals surface area contributed by atoms with Crippen molar-refractivity contribution < 1.29 is 9.18 Å². The van der Waals surface area contributed by atoms with Crippen molar-refractivity contribution >= 4 is 17.4 Å². The predicted molar refractivity (Wildman–Crippen MR) is 64.2 cm³/mol. The lowest BCUT2D eigenvalue weighted by molar-refractivity contribution is -0.121. The number of Topliss-reactive ketones (excluding diaryl/α,β-unsaturated/α-hetero) is 1. The molecule has 1 aromatic carbocycles. The first kappa shape index (κ1) is 13.2. The number of benzene rings is 1. The number of hydrogen-bond acceptors (Lipinski definition) is 1. The van der Waals surface area contributed by atoms with Gasteiger partial charge in [0, 0.05) is 17.4 Å². The highest BCUT2D eigenvalue weighted by molar-refractivity contribution is 6.31. The molecule has 88 valence electrons. The standard InChI is InChI=1S/C13H16ClFO/c1-9(2)13(16)5-3-4-10-6-7-11(15)8-12(10)14/h6-9H,3-5H2,1-2H3. The Kier molecular flexibility index (Phi) is 4.94. The molecule has 1 nitrogen and oxygen atoms in total. The third kappa shape index (κ3) is 3.93. The van der Waals surface area contributed by atoms with E-state index in [1.165, 1.54) is 12.1 Å². The van der Waals surface area contributed by atoms with Gasteiger partial charge in [-0.05, 0) is 30.5 Å². The summed E-state index contributed by atoms with van der Waals surface area (Å²) in [5.74, 6) is 0.0222. The molecule has 1 rings (SSSR count). The smallest absolute Gasteiger partial charge is 0.135 e. The van der Waals surface area contributed by atoms with Crippen molar-refractivity contribution in [2.45, 2.75) is 33.1 Å². The summed E-state index contributed by atoms with van der Waals surface area (Å²) in [5, 5.41) is 0.442. The largest absolute Gasteiger partial charge is 0.299 e. The molecule has 0 aliphatic carbocycles. The number of aryl methyl sites for hydroxylation is 1. The molecule has 1 aromatic rings. The normalized spacial score (nSPS) is 10.8. The lowest BCUT2D eigenvalue weighted by atomic mass is 10.0. The topological polar surface area (TPSA) is 17.1 Å². The van der Waals surface area contributed by atoms with Crippen molar-refractivity contribution in [1.29, 1.82) is 0 Å². The van der Waals surface area contributed by atoms with Gasteiger partial charge in [-0.3, -0.25) is 4.79 Å². The van der Waals surface area contributed by atoms with Gasteiger partial charge >= 0.3 is 0 Å². The van der Waals surface area contributed by atoms with E-state index in [4.69, 9.17) is 11.6 Å². The molecule has 0 aliphatic rings. The van der Waals surface area contributed by atoms with Crippen molar-refractivity contribution in [3.05, 3.63) is 34.6 Å². The monoisotopic (exact) mass is 242 g/mol. The molecule has 3 heteroatoms. The number of halogens is 2. The molecule has 0 heterocycles. The Balaban J connectivity index is 2.46. The van der Waals surface area contributed by atoms with Crippen LogP contribution in [-0.2, 0) is 11.2 Å². The van der Waals surface area contributed by atoms with E-state index >= 15 is 0 Å². The molecular formula is C13H16ClFO. The number of hydrogen-bond donors (Lipinski definition) is 0. The number of rotatable bonds is 5. The van der Waals surface area contributed by atoms with Gasteiger partial charge in [0.1, 0.15) is 11.6 Å². The highest BCUT2D eigenvalue weighted by Crippen LogP contribution is 2.19. The maximum absolute atomic E-state index is 12.8. The van der Waals surface area contributed by atoms with Crippen molar-refractivity contribution in [1.82, 2.24) is 0 Å². The van der Waals surface area contributed by atoms with E-state index in [0.717, 1.165) is 18.4 Å². The number of carbonyl (C=O) groups excluding carboxylic acids is 1. The van der Waals surface area contributed by atoms with Gasteiger partial charge in [0.15, 0.2) is 0 Å². The Morgan fingerprint density at radius 2 is 2.12 bits per heavy atom. The zero-order valence-corrected chi connectivity index (χ0v) is 10.4. The summed E-state index contributed by atoms with van der Waals surface area (Å²) >= 11 is 5.88. The minimum Gasteiger partial charge on any atom is -0.299 e. The van der Waals surface area contributed by atoms with E-state index in [1.54, 1.807) is 6.07 Å². The van der Waals surface area contributed by atoms with Crippen LogP contribution in [0.5, 0.6) is 0 Å². The van der Waals surface area contributed by atoms with Gasteiger partial charge in [-0.15, -0.1) is 0 Å². The van der Waals surface area contributed by atoms with E-state index in [0.29, 0.717) is 11.4 Å². The fourth-order valence-electron chi connectivity index (χ4n) is 1.47. The summed E-state index contributed by atoms with van der Waals surface area (Å²) in [6, 6.07) is 4.38. The van der Waals surface area contributed by atoms with Crippen LogP contribution in [0, 0.1) is 11.7 Å². The van der Waals surface area contributed by atoms with Crippen molar-refractivity contribution in [3.63, 3.8) is 0 Å². The average Bonchev–Trinajstić information content (AvgIpc) is 2.20. The summed E-state index contributed by atoms with van der Waals surface area (Å²) in [7, 11) is 0. The zero-order valence-electron chi connectivity index (χ0n) is 9.59. The number of ketones is 1. The van der Waals surface area contributed by atoms with Crippen molar-refractivity contribution in [3.8, 4) is 0 Å². The van der Waals surface area contributed by atoms with Crippen LogP contribution in [0.3, 0.4) is 0 Å². The maximum atomic E-state index is 12.8. The summed E-state index contributed by atoms with van der Waals surface area (Å²) in [5.41, 5.74) is 0.902. The molecule has 0 aromatic heterocycles. The molecule has 0 saturated carbocycles. The molecule has 0 unspecified atom stereocenters. The Morgan fingerprint density at radius 3 is 2.69 bits per heavy atom. The van der Waals surface area contributed by atoms with E-state index in [-0.39, 0.29) is 17.5 Å². The highest BCUT2D eigenvalue weighted by Gasteiger charge is 2.07. The predicted octanol–water partition coefficient (Wildman–Crippen LogP) is 4.03. The first-order chi connectivity index (χ1) is 7.50. The van der Waals surface area contributed by atoms with Crippen LogP contribution in [0.4, 0.5) is 4.39 Å². The van der Waals surface area contributed by atoms with Gasteiger partial charge in [-0.2, -0.15) is 0 Å². The van der Waals surface area contributed by atoms with Gasteiger partial charge in [-0.25, -0.2) is 4.39 Å². The van der Waals surface area contributed by atoms with Crippen LogP contribution in [-0.4, -0.2) is 5.78 Å². The SMILES string of the molecule is CC(C)C(=O)CCCc1ccc(F)cc1Cl. The Morgan fingerprint density at radius 1 is 1.44 bits per heavy atom. The molecule has 0 bridgehead atoms. The van der Waals surface area contributed by atoms with Crippen LogP contribution in [0.15, 0.2) is 18.2 Å². The van der Waals surface area contributed by atoms with Crippen molar-refractivity contribution in [2.24, 2.45) is 5.92 Å². The van der Waals surface area contributed by atoms with E-state index < -0.39 is 0 Å². The minimum absolute atomic E-state index is 0.0867. The Labute approximate surface area is 101 Å². The maximum Gasteiger partial charge on any atom is 0.135 e. The molecule has 0 spiro atoms. The lowest BCUT2D eigenvalue weighted by Crippen LogP contribution is -2.06. The molecule has 0 fully saturated rings.